The second-order valence-electron chi connectivity index (χ2n) is 2.92. The second kappa shape index (κ2) is 5.50. The van der Waals surface area contributed by atoms with Crippen LogP contribution in [0.25, 0.3) is 0 Å². The van der Waals surface area contributed by atoms with E-state index in [1.165, 1.54) is 0 Å². The van der Waals surface area contributed by atoms with Crippen molar-refractivity contribution in [3.8, 4) is 0 Å². The number of hydrogen-bond acceptors (Lipinski definition) is 3. The Hall–Kier alpha value is -2.37. The minimum absolute atomic E-state index is 0.221. The first kappa shape index (κ1) is 11.7. The number of nitrogens with zero attached hydrogens (tertiary/aromatic N) is 1. The molecule has 0 atom stereocenters. The molecule has 1 aromatic rings. The predicted molar refractivity (Wildman–Crippen MR) is 55.5 cm³/mol. The van der Waals surface area contributed by atoms with Gasteiger partial charge in [-0.15, -0.1) is 0 Å². The maximum Gasteiger partial charge on any atom is 0.307 e. The lowest BCUT2D eigenvalue weighted by Gasteiger charge is -2.18. The summed E-state index contributed by atoms with van der Waals surface area (Å²) in [5, 5.41) is 9.60. The molecule has 0 saturated carbocycles. The molecule has 2 amide bonds. The summed E-state index contributed by atoms with van der Waals surface area (Å²) < 4.78 is 0. The molecule has 0 aliphatic carbocycles. The monoisotopic (exact) mass is 222 g/mol. The van der Waals surface area contributed by atoms with E-state index in [0.717, 1.165) is 5.01 Å². The summed E-state index contributed by atoms with van der Waals surface area (Å²) in [5.41, 5.74) is 2.93. The summed E-state index contributed by atoms with van der Waals surface area (Å²) in [5.74, 6) is -1.01. The van der Waals surface area contributed by atoms with Gasteiger partial charge >= 0.3 is 5.97 Å². The van der Waals surface area contributed by atoms with Crippen LogP contribution in [0.2, 0.25) is 0 Å². The Balaban J connectivity index is 3.04. The van der Waals surface area contributed by atoms with Crippen molar-refractivity contribution in [3.63, 3.8) is 0 Å². The number of carboxylic acids is 1. The number of carbonyl (C=O) groups excluding carboxylic acids is 2. The first-order valence-corrected chi connectivity index (χ1v) is 4.43. The van der Waals surface area contributed by atoms with Crippen molar-refractivity contribution in [2.45, 2.75) is 6.42 Å². The van der Waals surface area contributed by atoms with E-state index in [0.29, 0.717) is 24.1 Å². The average Bonchev–Trinajstić information content (AvgIpc) is 2.26. The lowest BCUT2D eigenvalue weighted by molar-refractivity contribution is -0.136. The van der Waals surface area contributed by atoms with Gasteiger partial charge in [-0.2, -0.15) is 0 Å². The Morgan fingerprint density at radius 2 is 2.06 bits per heavy atom. The van der Waals surface area contributed by atoms with Gasteiger partial charge in [-0.05, 0) is 11.6 Å². The first-order valence-electron chi connectivity index (χ1n) is 4.43. The van der Waals surface area contributed by atoms with Gasteiger partial charge in [0, 0.05) is 0 Å². The molecule has 0 unspecified atom stereocenters. The minimum atomic E-state index is -1.01. The zero-order valence-corrected chi connectivity index (χ0v) is 8.29. The van der Waals surface area contributed by atoms with Crippen LogP contribution < -0.4 is 10.4 Å². The summed E-state index contributed by atoms with van der Waals surface area (Å²) in [6.45, 7) is 0. The van der Waals surface area contributed by atoms with Crippen molar-refractivity contribution >= 4 is 24.5 Å². The van der Waals surface area contributed by atoms with Crippen LogP contribution in [-0.2, 0) is 20.8 Å². The number of aliphatic carboxylic acids is 1. The Kier molecular flexibility index (Phi) is 4.02. The summed E-state index contributed by atoms with van der Waals surface area (Å²) in [6.07, 6.45) is 0.516. The average molecular weight is 222 g/mol. The van der Waals surface area contributed by atoms with E-state index in [4.69, 9.17) is 5.11 Å². The fourth-order valence-electron chi connectivity index (χ4n) is 1.27. The normalized spacial score (nSPS) is 9.25. The Bertz CT molecular complexity index is 406. The van der Waals surface area contributed by atoms with E-state index >= 15 is 0 Å². The van der Waals surface area contributed by atoms with E-state index in [9.17, 15) is 14.4 Å². The highest BCUT2D eigenvalue weighted by Crippen LogP contribution is 2.18. The molecule has 0 fully saturated rings. The van der Waals surface area contributed by atoms with Crippen molar-refractivity contribution in [1.29, 1.82) is 0 Å². The molecule has 0 spiro atoms. The Morgan fingerprint density at radius 1 is 1.38 bits per heavy atom. The fourth-order valence-corrected chi connectivity index (χ4v) is 1.27. The molecule has 0 aromatic heterocycles. The summed E-state index contributed by atoms with van der Waals surface area (Å²) >= 11 is 0. The van der Waals surface area contributed by atoms with Crippen LogP contribution in [0.15, 0.2) is 24.3 Å². The molecule has 1 rings (SSSR count). The van der Waals surface area contributed by atoms with E-state index in [1.807, 2.05) is 0 Å². The molecule has 84 valence electrons. The SMILES string of the molecule is O=CNN(C=O)c1ccccc1CC(=O)O. The van der Waals surface area contributed by atoms with E-state index < -0.39 is 5.97 Å². The molecule has 0 aliphatic heterocycles. The highest BCUT2D eigenvalue weighted by Gasteiger charge is 2.11. The quantitative estimate of drug-likeness (QED) is 0.521. The van der Waals surface area contributed by atoms with Gasteiger partial charge in [0.1, 0.15) is 0 Å². The van der Waals surface area contributed by atoms with Gasteiger partial charge in [0.05, 0.1) is 12.1 Å². The van der Waals surface area contributed by atoms with Gasteiger partial charge in [-0.25, -0.2) is 5.01 Å². The Morgan fingerprint density at radius 3 is 2.62 bits per heavy atom. The van der Waals surface area contributed by atoms with Crippen molar-refractivity contribution in [1.82, 2.24) is 5.43 Å². The molecule has 0 radical (unpaired) electrons. The van der Waals surface area contributed by atoms with Gasteiger partial charge in [0.2, 0.25) is 12.8 Å². The molecule has 6 nitrogen and oxygen atoms in total. The van der Waals surface area contributed by atoms with Gasteiger partial charge in [0.15, 0.2) is 0 Å². The van der Waals surface area contributed by atoms with Crippen LogP contribution in [-0.4, -0.2) is 23.9 Å². The summed E-state index contributed by atoms with van der Waals surface area (Å²) in [4.78, 5) is 31.5. The number of hydrazine groups is 1. The van der Waals surface area contributed by atoms with Crippen LogP contribution >= 0.6 is 0 Å². The van der Waals surface area contributed by atoms with Crippen molar-refractivity contribution in [2.75, 3.05) is 5.01 Å². The molecule has 6 heteroatoms. The van der Waals surface area contributed by atoms with Gasteiger partial charge in [-0.3, -0.25) is 19.8 Å². The minimum Gasteiger partial charge on any atom is -0.481 e. The van der Waals surface area contributed by atoms with E-state index in [2.05, 4.69) is 5.43 Å². The molecule has 0 bridgehead atoms. The highest BCUT2D eigenvalue weighted by molar-refractivity contribution is 5.81. The smallest absolute Gasteiger partial charge is 0.307 e. The third-order valence-corrected chi connectivity index (χ3v) is 1.89. The molecular weight excluding hydrogens is 212 g/mol. The Labute approximate surface area is 91.4 Å². The molecule has 0 aliphatic rings. The zero-order valence-electron chi connectivity index (χ0n) is 8.29. The fraction of sp³-hybridized carbons (Fsp3) is 0.100. The van der Waals surface area contributed by atoms with Crippen LogP contribution in [0.3, 0.4) is 0 Å². The van der Waals surface area contributed by atoms with Gasteiger partial charge in [0.25, 0.3) is 0 Å². The zero-order chi connectivity index (χ0) is 12.0. The topological polar surface area (TPSA) is 86.7 Å². The van der Waals surface area contributed by atoms with Gasteiger partial charge in [-0.1, -0.05) is 18.2 Å². The van der Waals surface area contributed by atoms with E-state index in [1.54, 1.807) is 24.3 Å². The maximum absolute atomic E-state index is 10.7. The van der Waals surface area contributed by atoms with Crippen molar-refractivity contribution in [2.24, 2.45) is 0 Å². The number of para-hydroxylation sites is 1. The molecule has 0 heterocycles. The number of anilines is 1. The third kappa shape index (κ3) is 2.81. The number of amides is 2. The molecule has 0 saturated heterocycles. The number of carboxylic acid groups (broad SMARTS) is 1. The van der Waals surface area contributed by atoms with Crippen LogP contribution in [0.4, 0.5) is 5.69 Å². The summed E-state index contributed by atoms with van der Waals surface area (Å²) in [6, 6.07) is 6.42. The molecule has 2 N–H and O–H groups in total. The van der Waals surface area contributed by atoms with E-state index in [-0.39, 0.29) is 6.42 Å². The molecule has 1 aromatic carbocycles. The number of hydrogen-bond donors (Lipinski definition) is 2. The van der Waals surface area contributed by atoms with Crippen LogP contribution in [0.5, 0.6) is 0 Å². The lowest BCUT2D eigenvalue weighted by atomic mass is 10.1. The maximum atomic E-state index is 10.7. The van der Waals surface area contributed by atoms with Crippen molar-refractivity contribution < 1.29 is 19.5 Å². The van der Waals surface area contributed by atoms with Crippen molar-refractivity contribution in [3.05, 3.63) is 29.8 Å². The number of nitrogens with one attached hydrogen (secondary N) is 1. The number of benzene rings is 1. The molecule has 16 heavy (non-hydrogen) atoms. The number of carbonyl (C=O) groups is 3. The van der Waals surface area contributed by atoms with Crippen LogP contribution in [0.1, 0.15) is 5.56 Å². The lowest BCUT2D eigenvalue weighted by Crippen LogP contribution is -2.36. The predicted octanol–water partition coefficient (Wildman–Crippen LogP) is -0.0625. The summed E-state index contributed by atoms with van der Waals surface area (Å²) in [7, 11) is 0. The van der Waals surface area contributed by atoms with Crippen LogP contribution in [0, 0.1) is 0 Å². The first-order chi connectivity index (χ1) is 7.69. The van der Waals surface area contributed by atoms with Gasteiger partial charge < -0.3 is 5.11 Å². The third-order valence-electron chi connectivity index (χ3n) is 1.89. The standard InChI is InChI=1S/C10H10N2O4/c13-6-11-12(7-14)9-4-2-1-3-8(9)5-10(15)16/h1-4,6-7H,5H2,(H,11,13)(H,15,16). The largest absolute Gasteiger partial charge is 0.481 e. The second-order valence-corrected chi connectivity index (χ2v) is 2.92. The highest BCUT2D eigenvalue weighted by atomic mass is 16.4. The molecular formula is C10H10N2O4. The number of rotatable bonds is 6.